The third kappa shape index (κ3) is 3.61. The Balaban J connectivity index is 1.94. The van der Waals surface area contributed by atoms with Crippen LogP contribution in [0.25, 0.3) is 0 Å². The number of aryl methyl sites for hydroxylation is 1. The molecule has 0 saturated heterocycles. The molecule has 1 aliphatic rings. The average Bonchev–Trinajstić information content (AvgIpc) is 2.64. The second-order valence-electron chi connectivity index (χ2n) is 6.75. The van der Waals surface area contributed by atoms with Crippen molar-refractivity contribution in [2.75, 3.05) is 4.90 Å². The van der Waals surface area contributed by atoms with Gasteiger partial charge in [-0.05, 0) is 51.9 Å². The number of carbonyl (C=O) groups excluding carboxylic acids is 1. The molecule has 0 N–H and O–H groups in total. The van der Waals surface area contributed by atoms with E-state index >= 15 is 0 Å². The van der Waals surface area contributed by atoms with E-state index in [9.17, 15) is 13.6 Å². The van der Waals surface area contributed by atoms with Crippen LogP contribution < -0.4 is 4.90 Å². The van der Waals surface area contributed by atoms with E-state index in [2.05, 4.69) is 15.9 Å². The van der Waals surface area contributed by atoms with Gasteiger partial charge in [-0.1, -0.05) is 44.2 Å². The topological polar surface area (TPSA) is 29.5 Å². The molecule has 2 aromatic rings. The predicted octanol–water partition coefficient (Wildman–Crippen LogP) is 5.84. The SMILES string of the molecule is CC(C)C1CCc2cc(F)c(F)c(Br)c2N1C(=O)OCc1ccccc1. The number of carbonyl (C=O) groups is 1. The van der Waals surface area contributed by atoms with Crippen molar-refractivity contribution in [3.63, 3.8) is 0 Å². The standard InChI is InChI=1S/C20H20BrF2NO2/c1-12(2)16-9-8-14-10-15(22)18(23)17(21)19(14)24(16)20(25)26-11-13-6-4-3-5-7-13/h3-7,10,12,16H,8-9,11H2,1-2H3. The average molecular weight is 424 g/mol. The zero-order valence-electron chi connectivity index (χ0n) is 14.6. The fourth-order valence-electron chi connectivity index (χ4n) is 3.33. The minimum Gasteiger partial charge on any atom is -0.444 e. The van der Waals surface area contributed by atoms with E-state index in [1.165, 1.54) is 11.0 Å². The van der Waals surface area contributed by atoms with Crippen LogP contribution >= 0.6 is 15.9 Å². The summed E-state index contributed by atoms with van der Waals surface area (Å²) in [6, 6.07) is 10.4. The third-order valence-electron chi connectivity index (χ3n) is 4.67. The summed E-state index contributed by atoms with van der Waals surface area (Å²) in [4.78, 5) is 14.3. The Bertz CT molecular complexity index is 811. The summed E-state index contributed by atoms with van der Waals surface area (Å²) in [5, 5.41) is 0. The quantitative estimate of drug-likeness (QED) is 0.580. The largest absolute Gasteiger partial charge is 0.444 e. The van der Waals surface area contributed by atoms with E-state index in [4.69, 9.17) is 4.74 Å². The smallest absolute Gasteiger partial charge is 0.414 e. The Labute approximate surface area is 160 Å². The number of hydrogen-bond acceptors (Lipinski definition) is 2. The van der Waals surface area contributed by atoms with Crippen molar-refractivity contribution >= 4 is 27.7 Å². The number of amides is 1. The fraction of sp³-hybridized carbons (Fsp3) is 0.350. The molecule has 3 rings (SSSR count). The molecule has 1 atom stereocenters. The van der Waals surface area contributed by atoms with Gasteiger partial charge in [0.05, 0.1) is 10.2 Å². The second-order valence-corrected chi connectivity index (χ2v) is 7.55. The number of ether oxygens (including phenoxy) is 1. The molecule has 0 spiro atoms. The van der Waals surface area contributed by atoms with Gasteiger partial charge in [-0.3, -0.25) is 4.90 Å². The van der Waals surface area contributed by atoms with Crippen molar-refractivity contribution in [2.45, 2.75) is 39.3 Å². The molecular weight excluding hydrogens is 404 g/mol. The molecule has 2 aromatic carbocycles. The van der Waals surface area contributed by atoms with Gasteiger partial charge in [-0.25, -0.2) is 13.6 Å². The van der Waals surface area contributed by atoms with Gasteiger partial charge in [-0.15, -0.1) is 0 Å². The maximum absolute atomic E-state index is 14.1. The second kappa shape index (κ2) is 7.74. The highest BCUT2D eigenvalue weighted by Gasteiger charge is 2.37. The van der Waals surface area contributed by atoms with E-state index in [0.717, 1.165) is 5.56 Å². The van der Waals surface area contributed by atoms with Gasteiger partial charge in [-0.2, -0.15) is 0 Å². The van der Waals surface area contributed by atoms with Crippen molar-refractivity contribution in [3.8, 4) is 0 Å². The molecule has 1 heterocycles. The summed E-state index contributed by atoms with van der Waals surface area (Å²) in [7, 11) is 0. The normalized spacial score (nSPS) is 16.5. The molecule has 0 bridgehead atoms. The van der Waals surface area contributed by atoms with Crippen LogP contribution in [0.4, 0.5) is 19.3 Å². The van der Waals surface area contributed by atoms with Crippen molar-refractivity contribution in [1.82, 2.24) is 0 Å². The van der Waals surface area contributed by atoms with E-state index < -0.39 is 17.7 Å². The highest BCUT2D eigenvalue weighted by Crippen LogP contribution is 2.41. The fourth-order valence-corrected chi connectivity index (χ4v) is 3.97. The zero-order chi connectivity index (χ0) is 18.8. The van der Waals surface area contributed by atoms with Crippen LogP contribution in [0.1, 0.15) is 31.4 Å². The minimum atomic E-state index is -0.992. The summed E-state index contributed by atoms with van der Waals surface area (Å²) in [5.41, 5.74) is 1.83. The first kappa shape index (κ1) is 18.8. The zero-order valence-corrected chi connectivity index (χ0v) is 16.2. The molecule has 0 saturated carbocycles. The molecule has 0 aromatic heterocycles. The van der Waals surface area contributed by atoms with E-state index in [0.29, 0.717) is 24.1 Å². The molecule has 26 heavy (non-hydrogen) atoms. The molecule has 0 fully saturated rings. The lowest BCUT2D eigenvalue weighted by Crippen LogP contribution is -2.47. The summed E-state index contributed by atoms with van der Waals surface area (Å²) < 4.78 is 33.4. The van der Waals surface area contributed by atoms with Crippen LogP contribution in [0.2, 0.25) is 0 Å². The Hall–Kier alpha value is -1.95. The van der Waals surface area contributed by atoms with E-state index in [-0.39, 0.29) is 23.0 Å². The van der Waals surface area contributed by atoms with Crippen LogP contribution in [0.5, 0.6) is 0 Å². The number of fused-ring (bicyclic) bond motifs is 1. The maximum atomic E-state index is 14.1. The van der Waals surface area contributed by atoms with Crippen molar-refractivity contribution < 1.29 is 18.3 Å². The number of halogens is 3. The van der Waals surface area contributed by atoms with Crippen molar-refractivity contribution in [2.24, 2.45) is 5.92 Å². The summed E-state index contributed by atoms with van der Waals surface area (Å²) in [5.74, 6) is -1.77. The molecule has 1 aliphatic heterocycles. The van der Waals surface area contributed by atoms with Crippen LogP contribution in [0, 0.1) is 17.6 Å². The predicted molar refractivity (Wildman–Crippen MR) is 100 cm³/mol. The number of nitrogens with zero attached hydrogens (tertiary/aromatic N) is 1. The number of hydrogen-bond donors (Lipinski definition) is 0. The van der Waals surface area contributed by atoms with Crippen LogP contribution in [-0.2, 0) is 17.8 Å². The summed E-state index contributed by atoms with van der Waals surface area (Å²) in [6.45, 7) is 4.12. The van der Waals surface area contributed by atoms with Gasteiger partial charge < -0.3 is 4.74 Å². The number of rotatable bonds is 3. The van der Waals surface area contributed by atoms with Crippen LogP contribution in [0.3, 0.4) is 0 Å². The number of anilines is 1. The lowest BCUT2D eigenvalue weighted by molar-refractivity contribution is 0.141. The van der Waals surface area contributed by atoms with Gasteiger partial charge in [0, 0.05) is 6.04 Å². The molecule has 138 valence electrons. The first-order chi connectivity index (χ1) is 12.4. The Morgan fingerprint density at radius 1 is 1.31 bits per heavy atom. The van der Waals surface area contributed by atoms with Crippen LogP contribution in [-0.4, -0.2) is 12.1 Å². The molecule has 0 radical (unpaired) electrons. The molecule has 3 nitrogen and oxygen atoms in total. The van der Waals surface area contributed by atoms with E-state index in [1.807, 2.05) is 44.2 Å². The van der Waals surface area contributed by atoms with Gasteiger partial charge in [0.2, 0.25) is 0 Å². The van der Waals surface area contributed by atoms with Crippen LogP contribution in [0.15, 0.2) is 40.9 Å². The Morgan fingerprint density at radius 2 is 2.00 bits per heavy atom. The Morgan fingerprint density at radius 3 is 2.65 bits per heavy atom. The van der Waals surface area contributed by atoms with Gasteiger partial charge in [0.1, 0.15) is 6.61 Å². The monoisotopic (exact) mass is 423 g/mol. The highest BCUT2D eigenvalue weighted by atomic mass is 79.9. The van der Waals surface area contributed by atoms with Crippen molar-refractivity contribution in [3.05, 3.63) is 63.6 Å². The Kier molecular flexibility index (Phi) is 5.61. The van der Waals surface area contributed by atoms with Gasteiger partial charge in [0.15, 0.2) is 11.6 Å². The molecule has 6 heteroatoms. The summed E-state index contributed by atoms with van der Waals surface area (Å²) in [6.07, 6.45) is 0.694. The van der Waals surface area contributed by atoms with E-state index in [1.54, 1.807) is 0 Å². The lowest BCUT2D eigenvalue weighted by atomic mass is 9.89. The molecular formula is C20H20BrF2NO2. The van der Waals surface area contributed by atoms with Gasteiger partial charge >= 0.3 is 6.09 Å². The third-order valence-corrected chi connectivity index (χ3v) is 5.39. The van der Waals surface area contributed by atoms with Crippen molar-refractivity contribution in [1.29, 1.82) is 0 Å². The minimum absolute atomic E-state index is 0.0329. The molecule has 0 aliphatic carbocycles. The first-order valence-electron chi connectivity index (χ1n) is 8.56. The lowest BCUT2D eigenvalue weighted by Gasteiger charge is -2.39. The number of benzene rings is 2. The van der Waals surface area contributed by atoms with Gasteiger partial charge in [0.25, 0.3) is 0 Å². The maximum Gasteiger partial charge on any atom is 0.414 e. The highest BCUT2D eigenvalue weighted by molar-refractivity contribution is 9.10. The summed E-state index contributed by atoms with van der Waals surface area (Å²) >= 11 is 3.13. The molecule has 1 amide bonds. The first-order valence-corrected chi connectivity index (χ1v) is 9.35. The molecule has 1 unspecified atom stereocenters.